The van der Waals surface area contributed by atoms with Gasteiger partial charge in [0, 0.05) is 17.4 Å². The topological polar surface area (TPSA) is 74.7 Å². The van der Waals surface area contributed by atoms with Gasteiger partial charge in [-0.3, -0.25) is 9.48 Å². The van der Waals surface area contributed by atoms with Crippen LogP contribution in [0.3, 0.4) is 0 Å². The first-order valence-electron chi connectivity index (χ1n) is 12.1. The summed E-state index contributed by atoms with van der Waals surface area (Å²) in [6.07, 6.45) is 10.2. The van der Waals surface area contributed by atoms with Crippen molar-refractivity contribution in [3.05, 3.63) is 51.9 Å². The highest BCUT2D eigenvalue weighted by atomic mass is 19.3. The molecule has 4 aliphatic rings. The fourth-order valence-electron chi connectivity index (χ4n) is 6.86. The first-order valence-corrected chi connectivity index (χ1v) is 12.1. The molecule has 3 aromatic rings. The van der Waals surface area contributed by atoms with Crippen LogP contribution >= 0.6 is 0 Å². The molecule has 2 saturated carbocycles. The molecule has 1 saturated heterocycles. The molecule has 172 valence electrons. The van der Waals surface area contributed by atoms with Crippen molar-refractivity contribution in [3.8, 4) is 0 Å². The number of alkyl halides is 2. The van der Waals surface area contributed by atoms with E-state index >= 15 is 8.78 Å². The maximum absolute atomic E-state index is 15.1. The van der Waals surface area contributed by atoms with Gasteiger partial charge in [-0.2, -0.15) is 13.9 Å². The highest BCUT2D eigenvalue weighted by Gasteiger charge is 2.66. The van der Waals surface area contributed by atoms with E-state index in [1.54, 1.807) is 12.3 Å². The maximum Gasteiger partial charge on any atom is 0.295 e. The second-order valence-corrected chi connectivity index (χ2v) is 10.4. The van der Waals surface area contributed by atoms with Gasteiger partial charge in [-0.25, -0.2) is 0 Å². The number of rotatable bonds is 3. The third kappa shape index (κ3) is 2.50. The lowest BCUT2D eigenvalue weighted by atomic mass is 9.66. The lowest BCUT2D eigenvalue weighted by molar-refractivity contribution is -0.127. The van der Waals surface area contributed by atoms with E-state index in [-0.39, 0.29) is 11.1 Å². The third-order valence-corrected chi connectivity index (χ3v) is 8.69. The zero-order valence-electron chi connectivity index (χ0n) is 18.4. The van der Waals surface area contributed by atoms with Gasteiger partial charge in [0.25, 0.3) is 11.5 Å². The first kappa shape index (κ1) is 19.7. The molecule has 6 nitrogen and oxygen atoms in total. The van der Waals surface area contributed by atoms with Gasteiger partial charge in [0.05, 0.1) is 11.6 Å². The highest BCUT2D eigenvalue weighted by Crippen LogP contribution is 2.65. The van der Waals surface area contributed by atoms with E-state index in [2.05, 4.69) is 15.6 Å². The second kappa shape index (κ2) is 6.44. The molecule has 2 spiro atoms. The van der Waals surface area contributed by atoms with Crippen LogP contribution < -0.4 is 16.2 Å². The molecular weight excluding hydrogens is 424 g/mol. The third-order valence-electron chi connectivity index (χ3n) is 8.69. The molecule has 2 unspecified atom stereocenters. The van der Waals surface area contributed by atoms with E-state index in [1.165, 1.54) is 38.2 Å². The molecule has 8 heteroatoms. The number of anilines is 2. The van der Waals surface area contributed by atoms with Crippen molar-refractivity contribution >= 4 is 22.4 Å². The van der Waals surface area contributed by atoms with Crippen LogP contribution in [0.5, 0.6) is 0 Å². The molecule has 3 heterocycles. The summed E-state index contributed by atoms with van der Waals surface area (Å²) < 4.78 is 32.2. The van der Waals surface area contributed by atoms with E-state index < -0.39 is 11.5 Å². The van der Waals surface area contributed by atoms with Crippen molar-refractivity contribution < 1.29 is 8.78 Å². The lowest BCUT2D eigenvalue weighted by Crippen LogP contribution is -2.59. The van der Waals surface area contributed by atoms with Crippen molar-refractivity contribution in [2.45, 2.75) is 68.9 Å². The summed E-state index contributed by atoms with van der Waals surface area (Å²) in [6.45, 7) is 0.615. The van der Waals surface area contributed by atoms with Gasteiger partial charge >= 0.3 is 0 Å². The number of pyridine rings is 1. The summed E-state index contributed by atoms with van der Waals surface area (Å²) in [4.78, 5) is 15.5. The van der Waals surface area contributed by atoms with Crippen LogP contribution in [0.25, 0.3) is 10.9 Å². The van der Waals surface area contributed by atoms with Gasteiger partial charge in [-0.15, -0.1) is 0 Å². The average molecular weight is 452 g/mol. The molecule has 3 N–H and O–H groups in total. The number of nitrogens with one attached hydrogen (secondary N) is 3. The van der Waals surface area contributed by atoms with Gasteiger partial charge in [0.1, 0.15) is 10.9 Å². The quantitative estimate of drug-likeness (QED) is 0.521. The van der Waals surface area contributed by atoms with Crippen LogP contribution in [0.4, 0.5) is 20.3 Å². The smallest absolute Gasteiger partial charge is 0.295 e. The number of nitrogens with zero attached hydrogens (tertiary/aromatic N) is 2. The van der Waals surface area contributed by atoms with Gasteiger partial charge in [0.15, 0.2) is 5.82 Å². The van der Waals surface area contributed by atoms with Crippen molar-refractivity contribution in [2.75, 3.05) is 11.9 Å². The predicted octanol–water partition coefficient (Wildman–Crippen LogP) is 5.05. The van der Waals surface area contributed by atoms with Crippen LogP contribution in [0.2, 0.25) is 0 Å². The van der Waals surface area contributed by atoms with Crippen molar-refractivity contribution in [1.29, 1.82) is 0 Å². The lowest BCUT2D eigenvalue weighted by Gasteiger charge is -2.48. The minimum absolute atomic E-state index is 0.0582. The number of aromatic amines is 1. The number of benzene rings is 1. The number of fused-ring (bicyclic) bond motifs is 3. The summed E-state index contributed by atoms with van der Waals surface area (Å²) in [5.41, 5.74) is 0.937. The Kier molecular flexibility index (Phi) is 3.84. The average Bonchev–Trinajstić information content (AvgIpc) is 3.18. The van der Waals surface area contributed by atoms with Crippen molar-refractivity contribution in [2.24, 2.45) is 5.41 Å². The van der Waals surface area contributed by atoms with E-state index in [0.29, 0.717) is 46.9 Å². The summed E-state index contributed by atoms with van der Waals surface area (Å²) in [5.74, 6) is -2.47. The standard InChI is InChI=1S/C25H27F2N5O/c26-25(27)17-13-15(5-6-16(17)24(25)10-4-11-29-24)30-21-20-18(7-12-28-22(20)33)32(31-21)19-14-23(19)8-2-1-3-9-23/h5-7,12-13,19,29H,1-4,8-11,14H2,(H,28,33)(H,30,31). The molecule has 33 heavy (non-hydrogen) atoms. The molecule has 3 fully saturated rings. The molecule has 0 bridgehead atoms. The molecule has 1 aromatic carbocycles. The zero-order chi connectivity index (χ0) is 22.4. The Morgan fingerprint density at radius 2 is 1.91 bits per heavy atom. The molecule has 2 aromatic heterocycles. The molecule has 0 amide bonds. The summed E-state index contributed by atoms with van der Waals surface area (Å²) in [6, 6.07) is 7.31. The summed E-state index contributed by atoms with van der Waals surface area (Å²) >= 11 is 0. The maximum atomic E-state index is 15.1. The van der Waals surface area contributed by atoms with E-state index in [1.807, 2.05) is 16.8 Å². The Balaban J connectivity index is 1.26. The van der Waals surface area contributed by atoms with Crippen molar-refractivity contribution in [3.63, 3.8) is 0 Å². The molecular formula is C25H27F2N5O. The van der Waals surface area contributed by atoms with Gasteiger partial charge in [-0.1, -0.05) is 25.3 Å². The molecule has 3 aliphatic carbocycles. The molecule has 2 atom stereocenters. The Morgan fingerprint density at radius 1 is 1.06 bits per heavy atom. The Hall–Kier alpha value is -2.74. The van der Waals surface area contributed by atoms with E-state index in [0.717, 1.165) is 18.4 Å². The molecule has 7 rings (SSSR count). The SMILES string of the molecule is O=c1[nH]ccc2c1c(Nc1ccc3c(c1)C(F)(F)C31CCCN1)nn2C1CC12CCCCC2. The van der Waals surface area contributed by atoms with E-state index in [9.17, 15) is 4.79 Å². The number of H-pyrrole nitrogens is 1. The first-order chi connectivity index (χ1) is 16.0. The van der Waals surface area contributed by atoms with Crippen LogP contribution in [-0.2, 0) is 11.5 Å². The number of aromatic nitrogens is 3. The zero-order valence-corrected chi connectivity index (χ0v) is 18.4. The van der Waals surface area contributed by atoms with Gasteiger partial charge in [0.2, 0.25) is 0 Å². The van der Waals surface area contributed by atoms with Crippen LogP contribution in [-0.4, -0.2) is 21.3 Å². The Bertz CT molecular complexity index is 1330. The minimum atomic E-state index is -2.91. The summed E-state index contributed by atoms with van der Waals surface area (Å²) in [5, 5.41) is 11.5. The predicted molar refractivity (Wildman–Crippen MR) is 122 cm³/mol. The fraction of sp³-hybridized carbons (Fsp3) is 0.520. The summed E-state index contributed by atoms with van der Waals surface area (Å²) in [7, 11) is 0. The second-order valence-electron chi connectivity index (χ2n) is 10.4. The van der Waals surface area contributed by atoms with Crippen LogP contribution in [0.1, 0.15) is 68.5 Å². The Labute approximate surface area is 189 Å². The van der Waals surface area contributed by atoms with E-state index in [4.69, 9.17) is 5.10 Å². The highest BCUT2D eigenvalue weighted by molar-refractivity contribution is 5.91. The van der Waals surface area contributed by atoms with Gasteiger partial charge < -0.3 is 15.6 Å². The van der Waals surface area contributed by atoms with Crippen molar-refractivity contribution in [1.82, 2.24) is 20.1 Å². The van der Waals surface area contributed by atoms with Crippen LogP contribution in [0, 0.1) is 5.41 Å². The number of halogens is 2. The largest absolute Gasteiger partial charge is 0.338 e. The number of hydrogen-bond acceptors (Lipinski definition) is 4. The Morgan fingerprint density at radius 3 is 2.70 bits per heavy atom. The molecule has 1 aliphatic heterocycles. The minimum Gasteiger partial charge on any atom is -0.338 e. The monoisotopic (exact) mass is 451 g/mol. The normalized spacial score (nSPS) is 28.7. The fourth-order valence-corrected chi connectivity index (χ4v) is 6.86. The van der Waals surface area contributed by atoms with Crippen LogP contribution in [0.15, 0.2) is 35.3 Å². The number of hydrogen-bond donors (Lipinski definition) is 3. The van der Waals surface area contributed by atoms with Gasteiger partial charge in [-0.05, 0) is 67.8 Å². The molecule has 0 radical (unpaired) electrons.